The highest BCUT2D eigenvalue weighted by atomic mass is 31.2. The highest BCUT2D eigenvalue weighted by Crippen LogP contribution is 2.39. The van der Waals surface area contributed by atoms with E-state index < -0.39 is 8.38 Å². The highest BCUT2D eigenvalue weighted by Gasteiger charge is 2.11. The Morgan fingerprint density at radius 1 is 0.789 bits per heavy atom. The van der Waals surface area contributed by atoms with Crippen molar-refractivity contribution in [2.75, 3.05) is 7.11 Å². The molecule has 2 rings (SSSR count). The normalized spacial score (nSPS) is 9.37. The standard InChI is InChI=1S/C15H13O3P/c1-16-12-13-19(17-14-8-4-2-5-9-14)18-15-10-6-3-7-11-15/h2-11H,1H3. The Morgan fingerprint density at radius 2 is 1.26 bits per heavy atom. The number of hydrogen-bond donors (Lipinski definition) is 0. The number of para-hydroxylation sites is 2. The summed E-state index contributed by atoms with van der Waals surface area (Å²) in [5.41, 5.74) is 2.81. The summed E-state index contributed by atoms with van der Waals surface area (Å²) >= 11 is 0. The molecule has 0 N–H and O–H groups in total. The zero-order chi connectivity index (χ0) is 13.3. The van der Waals surface area contributed by atoms with Gasteiger partial charge in [0, 0.05) is 0 Å². The van der Waals surface area contributed by atoms with Gasteiger partial charge in [-0.1, -0.05) is 36.4 Å². The van der Waals surface area contributed by atoms with Crippen LogP contribution in [-0.2, 0) is 4.74 Å². The lowest BCUT2D eigenvalue weighted by Crippen LogP contribution is -1.93. The maximum Gasteiger partial charge on any atom is 0.382 e. The summed E-state index contributed by atoms with van der Waals surface area (Å²) in [6, 6.07) is 18.9. The lowest BCUT2D eigenvalue weighted by molar-refractivity contribution is 0.372. The van der Waals surface area contributed by atoms with Gasteiger partial charge in [-0.05, 0) is 24.3 Å². The van der Waals surface area contributed by atoms with Crippen molar-refractivity contribution in [3.63, 3.8) is 0 Å². The van der Waals surface area contributed by atoms with E-state index in [2.05, 4.69) is 11.8 Å². The first-order valence-corrected chi connectivity index (χ1v) is 6.86. The van der Waals surface area contributed by atoms with Gasteiger partial charge >= 0.3 is 8.38 Å². The van der Waals surface area contributed by atoms with Crippen LogP contribution in [0.2, 0.25) is 0 Å². The van der Waals surface area contributed by atoms with Gasteiger partial charge in [-0.2, -0.15) is 0 Å². The van der Waals surface area contributed by atoms with Gasteiger partial charge in [-0.3, -0.25) is 0 Å². The van der Waals surface area contributed by atoms with E-state index in [0.717, 1.165) is 11.5 Å². The van der Waals surface area contributed by atoms with E-state index in [0.29, 0.717) is 0 Å². The summed E-state index contributed by atoms with van der Waals surface area (Å²) in [4.78, 5) is 0. The van der Waals surface area contributed by atoms with Crippen LogP contribution >= 0.6 is 8.38 Å². The van der Waals surface area contributed by atoms with Crippen LogP contribution in [0.25, 0.3) is 0 Å². The molecule has 0 radical (unpaired) electrons. The Labute approximate surface area is 114 Å². The maximum absolute atomic E-state index is 5.71. The Hall–Kier alpha value is -2.17. The Kier molecular flexibility index (Phi) is 5.10. The van der Waals surface area contributed by atoms with E-state index in [4.69, 9.17) is 13.8 Å². The van der Waals surface area contributed by atoms with E-state index in [1.807, 2.05) is 60.7 Å². The third-order valence-electron chi connectivity index (χ3n) is 2.10. The molecule has 0 heterocycles. The van der Waals surface area contributed by atoms with Gasteiger partial charge in [-0.15, -0.1) is 0 Å². The number of rotatable bonds is 4. The van der Waals surface area contributed by atoms with Crippen molar-refractivity contribution in [2.24, 2.45) is 0 Å². The fourth-order valence-corrected chi connectivity index (χ4v) is 2.22. The van der Waals surface area contributed by atoms with Crippen LogP contribution in [0.5, 0.6) is 11.5 Å². The third kappa shape index (κ3) is 4.54. The summed E-state index contributed by atoms with van der Waals surface area (Å²) in [6.45, 7) is 0. The van der Waals surface area contributed by atoms with E-state index in [1.54, 1.807) is 0 Å². The van der Waals surface area contributed by atoms with Crippen LogP contribution in [-0.4, -0.2) is 7.11 Å². The lowest BCUT2D eigenvalue weighted by atomic mass is 10.3. The van der Waals surface area contributed by atoms with Gasteiger partial charge in [0.25, 0.3) is 0 Å². The Bertz CT molecular complexity index is 504. The van der Waals surface area contributed by atoms with Gasteiger partial charge in [0.2, 0.25) is 0 Å². The van der Waals surface area contributed by atoms with Crippen LogP contribution in [0.15, 0.2) is 60.7 Å². The van der Waals surface area contributed by atoms with Crippen molar-refractivity contribution >= 4 is 8.38 Å². The molecule has 2 aromatic carbocycles. The molecule has 0 aliphatic carbocycles. The molecule has 0 aliphatic rings. The van der Waals surface area contributed by atoms with Gasteiger partial charge in [0.1, 0.15) is 17.6 Å². The lowest BCUT2D eigenvalue weighted by Gasteiger charge is -2.13. The summed E-state index contributed by atoms with van der Waals surface area (Å²) < 4.78 is 16.2. The second kappa shape index (κ2) is 7.31. The molecule has 0 atom stereocenters. The molecule has 0 fully saturated rings. The van der Waals surface area contributed by atoms with Gasteiger partial charge in [0.15, 0.2) is 0 Å². The molecule has 0 amide bonds. The smallest absolute Gasteiger partial charge is 0.382 e. The van der Waals surface area contributed by atoms with Gasteiger partial charge in [-0.25, -0.2) is 0 Å². The number of benzene rings is 2. The minimum Gasteiger partial charge on any atom is -0.450 e. The molecule has 0 bridgehead atoms. The van der Waals surface area contributed by atoms with Crippen molar-refractivity contribution in [3.8, 4) is 23.3 Å². The molecule has 0 saturated heterocycles. The number of hydrogen-bond acceptors (Lipinski definition) is 3. The molecule has 0 saturated carbocycles. The second-order valence-electron chi connectivity index (χ2n) is 3.48. The average Bonchev–Trinajstić information content (AvgIpc) is 2.47. The fourth-order valence-electron chi connectivity index (χ4n) is 1.30. The average molecular weight is 272 g/mol. The molecule has 0 spiro atoms. The van der Waals surface area contributed by atoms with Crippen molar-refractivity contribution < 1.29 is 13.8 Å². The molecule has 96 valence electrons. The molecule has 4 heteroatoms. The summed E-state index contributed by atoms with van der Waals surface area (Å²) in [6.07, 6.45) is 2.52. The van der Waals surface area contributed by atoms with Crippen molar-refractivity contribution in [2.45, 2.75) is 0 Å². The zero-order valence-electron chi connectivity index (χ0n) is 10.4. The molecule has 0 unspecified atom stereocenters. The molecule has 19 heavy (non-hydrogen) atoms. The van der Waals surface area contributed by atoms with Gasteiger partial charge < -0.3 is 13.8 Å². The maximum atomic E-state index is 5.71. The highest BCUT2D eigenvalue weighted by molar-refractivity contribution is 7.53. The van der Waals surface area contributed by atoms with Crippen LogP contribution < -0.4 is 9.05 Å². The third-order valence-corrected chi connectivity index (χ3v) is 3.13. The Morgan fingerprint density at radius 3 is 1.68 bits per heavy atom. The van der Waals surface area contributed by atoms with E-state index in [9.17, 15) is 0 Å². The minimum absolute atomic E-state index is 0.718. The topological polar surface area (TPSA) is 27.7 Å². The van der Waals surface area contributed by atoms with Gasteiger partial charge in [0.05, 0.1) is 12.8 Å². The van der Waals surface area contributed by atoms with E-state index in [-0.39, 0.29) is 0 Å². The van der Waals surface area contributed by atoms with Crippen molar-refractivity contribution in [1.82, 2.24) is 0 Å². The summed E-state index contributed by atoms with van der Waals surface area (Å²) in [5, 5.41) is 0. The molecule has 0 aliphatic heterocycles. The second-order valence-corrected chi connectivity index (χ2v) is 4.59. The monoisotopic (exact) mass is 272 g/mol. The predicted octanol–water partition coefficient (Wildman–Crippen LogP) is 4.02. The first-order chi connectivity index (χ1) is 9.38. The SMILES string of the molecule is COC#CP(Oc1ccccc1)Oc1ccccc1. The molecule has 2 aromatic rings. The largest absolute Gasteiger partial charge is 0.450 e. The molecular formula is C15H13O3P. The van der Waals surface area contributed by atoms with E-state index in [1.165, 1.54) is 7.11 Å². The summed E-state index contributed by atoms with van der Waals surface area (Å²) in [7, 11) is 0.100. The quantitative estimate of drug-likeness (QED) is 0.621. The first-order valence-electron chi connectivity index (χ1n) is 5.68. The summed E-state index contributed by atoms with van der Waals surface area (Å²) in [5.74, 6) is 1.44. The minimum atomic E-state index is -1.41. The van der Waals surface area contributed by atoms with Crippen LogP contribution in [0.3, 0.4) is 0 Å². The fraction of sp³-hybridized carbons (Fsp3) is 0.0667. The van der Waals surface area contributed by atoms with Crippen molar-refractivity contribution in [1.29, 1.82) is 0 Å². The predicted molar refractivity (Wildman–Crippen MR) is 75.8 cm³/mol. The first kappa shape index (κ1) is 13.3. The molecular weight excluding hydrogens is 259 g/mol. The molecule has 3 nitrogen and oxygen atoms in total. The zero-order valence-corrected chi connectivity index (χ0v) is 11.3. The van der Waals surface area contributed by atoms with E-state index >= 15 is 0 Å². The van der Waals surface area contributed by atoms with Crippen LogP contribution in [0.1, 0.15) is 0 Å². The van der Waals surface area contributed by atoms with Crippen molar-refractivity contribution in [3.05, 3.63) is 60.7 Å². The number of methoxy groups -OCH3 is 1. The van der Waals surface area contributed by atoms with Crippen LogP contribution in [0, 0.1) is 11.8 Å². The van der Waals surface area contributed by atoms with Crippen LogP contribution in [0.4, 0.5) is 0 Å². The number of ether oxygens (including phenoxy) is 1. The molecule has 0 aromatic heterocycles. The Balaban J connectivity index is 2.08.